The molecule has 1 aliphatic carbocycles. The number of hydrogen-bond acceptors (Lipinski definition) is 7. The lowest BCUT2D eigenvalue weighted by atomic mass is 9.89. The maximum atomic E-state index is 12.1. The van der Waals surface area contributed by atoms with Crippen LogP contribution >= 0.6 is 0 Å². The van der Waals surface area contributed by atoms with Gasteiger partial charge in [-0.15, -0.1) is 0 Å². The molecule has 0 radical (unpaired) electrons. The van der Waals surface area contributed by atoms with E-state index in [0.717, 1.165) is 0 Å². The lowest BCUT2D eigenvalue weighted by molar-refractivity contribution is -0.384. The zero-order chi connectivity index (χ0) is 18.0. The monoisotopic (exact) mass is 343 g/mol. The van der Waals surface area contributed by atoms with E-state index in [9.17, 15) is 24.5 Å². The Morgan fingerprint density at radius 1 is 1.16 bits per heavy atom. The fourth-order valence-corrected chi connectivity index (χ4v) is 2.57. The summed E-state index contributed by atoms with van der Waals surface area (Å²) < 4.78 is 10.5. The van der Waals surface area contributed by atoms with Crippen LogP contribution in [0.4, 0.5) is 5.69 Å². The van der Waals surface area contributed by atoms with Gasteiger partial charge in [-0.05, 0) is 29.8 Å². The number of nitrogens with zero attached hydrogens (tertiary/aromatic N) is 1. The Hall–Kier alpha value is -3.13. The van der Waals surface area contributed by atoms with E-state index in [2.05, 4.69) is 0 Å². The molecule has 0 spiro atoms. The van der Waals surface area contributed by atoms with Crippen LogP contribution in [0.2, 0.25) is 0 Å². The van der Waals surface area contributed by atoms with Crippen molar-refractivity contribution in [2.24, 2.45) is 0 Å². The first-order chi connectivity index (χ1) is 12.0. The number of non-ortho nitro benzene ring substituents is 1. The van der Waals surface area contributed by atoms with Crippen molar-refractivity contribution >= 4 is 23.2 Å². The number of nitro groups is 1. The molecule has 0 saturated heterocycles. The summed E-state index contributed by atoms with van der Waals surface area (Å²) in [4.78, 5) is 45.7. The van der Waals surface area contributed by atoms with Gasteiger partial charge in [-0.25, -0.2) is 4.79 Å². The lowest BCUT2D eigenvalue weighted by Crippen LogP contribution is -2.35. The summed E-state index contributed by atoms with van der Waals surface area (Å²) in [7, 11) is 0. The molecule has 0 fully saturated rings. The minimum absolute atomic E-state index is 0.0106. The smallest absolute Gasteiger partial charge is 0.335 e. The Bertz CT molecular complexity index is 820. The van der Waals surface area contributed by atoms with Gasteiger partial charge in [-0.3, -0.25) is 19.7 Å². The van der Waals surface area contributed by atoms with Gasteiger partial charge < -0.3 is 9.47 Å². The van der Waals surface area contributed by atoms with Crippen molar-refractivity contribution in [3.8, 4) is 0 Å². The van der Waals surface area contributed by atoms with Crippen LogP contribution in [-0.4, -0.2) is 35.2 Å². The van der Waals surface area contributed by atoms with Crippen LogP contribution < -0.4 is 0 Å². The number of allylic oxidation sites excluding steroid dienone is 2. The van der Waals surface area contributed by atoms with Crippen molar-refractivity contribution < 1.29 is 28.8 Å². The lowest BCUT2D eigenvalue weighted by Gasteiger charge is -2.26. The summed E-state index contributed by atoms with van der Waals surface area (Å²) in [5, 5.41) is 10.6. The van der Waals surface area contributed by atoms with Gasteiger partial charge in [0.1, 0.15) is 6.61 Å². The summed E-state index contributed by atoms with van der Waals surface area (Å²) >= 11 is 0. The minimum atomic E-state index is -0.958. The average Bonchev–Trinajstić information content (AvgIpc) is 2.63. The Balaban J connectivity index is 1.60. The van der Waals surface area contributed by atoms with Crippen molar-refractivity contribution in [2.45, 2.75) is 19.1 Å². The third kappa shape index (κ3) is 3.53. The number of hydrogen-bond donors (Lipinski definition) is 0. The standard InChI is InChI=1S/C17H13NO7/c19-14-5-6-15(20)13-9-24-16(7-12(13)14)17(21)25-8-10-1-3-11(4-2-10)18(22)23/h1-6,16H,7-9H2. The Morgan fingerprint density at radius 3 is 2.44 bits per heavy atom. The van der Waals surface area contributed by atoms with Gasteiger partial charge in [0.25, 0.3) is 5.69 Å². The van der Waals surface area contributed by atoms with E-state index in [1.54, 1.807) is 0 Å². The van der Waals surface area contributed by atoms with E-state index < -0.39 is 17.0 Å². The predicted octanol–water partition coefficient (Wildman–Crippen LogP) is 1.43. The average molecular weight is 343 g/mol. The molecule has 25 heavy (non-hydrogen) atoms. The topological polar surface area (TPSA) is 113 Å². The first-order valence-electron chi connectivity index (χ1n) is 7.46. The molecule has 1 atom stereocenters. The molecule has 0 aromatic heterocycles. The zero-order valence-corrected chi connectivity index (χ0v) is 13.0. The van der Waals surface area contributed by atoms with Crippen LogP contribution in [0.3, 0.4) is 0 Å². The van der Waals surface area contributed by atoms with E-state index in [1.165, 1.54) is 36.4 Å². The molecule has 8 nitrogen and oxygen atoms in total. The van der Waals surface area contributed by atoms with Gasteiger partial charge in [-0.1, -0.05) is 0 Å². The molecule has 1 unspecified atom stereocenters. The number of nitro benzene ring substituents is 1. The fraction of sp³-hybridized carbons (Fsp3) is 0.235. The quantitative estimate of drug-likeness (QED) is 0.352. The van der Waals surface area contributed by atoms with Gasteiger partial charge in [0.15, 0.2) is 17.7 Å². The van der Waals surface area contributed by atoms with Crippen LogP contribution in [0.15, 0.2) is 47.6 Å². The van der Waals surface area contributed by atoms with E-state index in [4.69, 9.17) is 9.47 Å². The summed E-state index contributed by atoms with van der Waals surface area (Å²) in [6, 6.07) is 5.61. The second-order valence-corrected chi connectivity index (χ2v) is 5.55. The van der Waals surface area contributed by atoms with Crippen molar-refractivity contribution in [3.63, 3.8) is 0 Å². The summed E-state index contributed by atoms with van der Waals surface area (Å²) in [6.07, 6.45) is 1.41. The van der Waals surface area contributed by atoms with Crippen molar-refractivity contribution in [3.05, 3.63) is 63.2 Å². The molecule has 0 bridgehead atoms. The molecule has 3 rings (SSSR count). The second kappa shape index (κ2) is 6.78. The molecular weight excluding hydrogens is 330 g/mol. The van der Waals surface area contributed by atoms with E-state index in [1.807, 2.05) is 0 Å². The molecule has 1 aromatic rings. The number of carbonyl (C=O) groups excluding carboxylic acids is 3. The SMILES string of the molecule is O=C1C=CC(=O)C2=C1COC(C(=O)OCc1ccc([N+](=O)[O-])cc1)C2. The normalized spacial score (nSPS) is 19.6. The first kappa shape index (κ1) is 16.7. The third-order valence-electron chi connectivity index (χ3n) is 3.95. The molecule has 0 N–H and O–H groups in total. The van der Waals surface area contributed by atoms with Crippen molar-refractivity contribution in [1.29, 1.82) is 0 Å². The molecular formula is C17H13NO7. The Morgan fingerprint density at radius 2 is 1.80 bits per heavy atom. The highest BCUT2D eigenvalue weighted by atomic mass is 16.6. The number of rotatable bonds is 4. The number of esters is 1. The van der Waals surface area contributed by atoms with Gasteiger partial charge in [0.05, 0.1) is 11.5 Å². The molecule has 1 aliphatic heterocycles. The number of benzene rings is 1. The van der Waals surface area contributed by atoms with Gasteiger partial charge in [0, 0.05) is 29.7 Å². The Kier molecular flexibility index (Phi) is 4.53. The van der Waals surface area contributed by atoms with E-state index in [0.29, 0.717) is 5.56 Å². The largest absolute Gasteiger partial charge is 0.459 e. The van der Waals surface area contributed by atoms with Crippen LogP contribution in [0.5, 0.6) is 0 Å². The molecule has 0 saturated carbocycles. The summed E-state index contributed by atoms with van der Waals surface area (Å²) in [5.41, 5.74) is 1.10. The zero-order valence-electron chi connectivity index (χ0n) is 13.0. The highest BCUT2D eigenvalue weighted by Crippen LogP contribution is 2.26. The number of ketones is 2. The van der Waals surface area contributed by atoms with Crippen LogP contribution in [0.1, 0.15) is 12.0 Å². The molecule has 2 aliphatic rings. The highest BCUT2D eigenvalue weighted by molar-refractivity contribution is 6.20. The molecule has 8 heteroatoms. The highest BCUT2D eigenvalue weighted by Gasteiger charge is 2.34. The van der Waals surface area contributed by atoms with Gasteiger partial charge in [-0.2, -0.15) is 0 Å². The van der Waals surface area contributed by atoms with E-state index in [-0.39, 0.29) is 48.0 Å². The number of ether oxygens (including phenoxy) is 2. The fourth-order valence-electron chi connectivity index (χ4n) is 2.57. The molecule has 1 heterocycles. The maximum Gasteiger partial charge on any atom is 0.335 e. The molecule has 1 aromatic carbocycles. The maximum absolute atomic E-state index is 12.1. The minimum Gasteiger partial charge on any atom is -0.459 e. The van der Waals surface area contributed by atoms with Crippen LogP contribution in [-0.2, 0) is 30.5 Å². The van der Waals surface area contributed by atoms with Crippen LogP contribution in [0.25, 0.3) is 0 Å². The van der Waals surface area contributed by atoms with Gasteiger partial charge >= 0.3 is 5.97 Å². The predicted molar refractivity (Wildman–Crippen MR) is 83.4 cm³/mol. The summed E-state index contributed by atoms with van der Waals surface area (Å²) in [5.74, 6) is -1.24. The van der Waals surface area contributed by atoms with Gasteiger partial charge in [0.2, 0.25) is 0 Å². The van der Waals surface area contributed by atoms with E-state index >= 15 is 0 Å². The van der Waals surface area contributed by atoms with Crippen molar-refractivity contribution in [2.75, 3.05) is 6.61 Å². The second-order valence-electron chi connectivity index (χ2n) is 5.55. The summed E-state index contributed by atoms with van der Waals surface area (Å²) in [6.45, 7) is -0.184. The van der Waals surface area contributed by atoms with Crippen LogP contribution in [0, 0.1) is 10.1 Å². The van der Waals surface area contributed by atoms with Crippen molar-refractivity contribution in [1.82, 2.24) is 0 Å². The molecule has 0 amide bonds. The third-order valence-corrected chi connectivity index (χ3v) is 3.95. The Labute approximate surface area is 141 Å². The number of carbonyl (C=O) groups is 3. The molecule has 128 valence electrons. The first-order valence-corrected chi connectivity index (χ1v) is 7.46.